The number of alkyl halides is 6. The van der Waals surface area contributed by atoms with E-state index in [1.54, 1.807) is 0 Å². The third-order valence-electron chi connectivity index (χ3n) is 4.62. The highest BCUT2D eigenvalue weighted by Gasteiger charge is 3.12. The van der Waals surface area contributed by atoms with Gasteiger partial charge in [-0.15, -0.1) is 69.6 Å². The van der Waals surface area contributed by atoms with E-state index in [0.29, 0.717) is 0 Å². The number of aliphatic carboxylic acids is 2. The lowest BCUT2D eigenvalue weighted by molar-refractivity contribution is -0.172. The molecule has 0 aliphatic heterocycles. The summed E-state index contributed by atoms with van der Waals surface area (Å²) < 4.78 is 0. The van der Waals surface area contributed by atoms with Gasteiger partial charge < -0.3 is 10.2 Å². The summed E-state index contributed by atoms with van der Waals surface area (Å²) >= 11 is 43.3. The Balaban J connectivity index is 2.44. The van der Waals surface area contributed by atoms with Crippen LogP contribution in [0.5, 0.6) is 0 Å². The predicted molar refractivity (Wildman–Crippen MR) is 80.7 cm³/mol. The molecule has 0 aromatic carbocycles. The Morgan fingerprint density at radius 3 is 1.67 bits per heavy atom. The molecule has 0 amide bonds. The third kappa shape index (κ3) is 0.964. The number of hydrogen-bond donors (Lipinski definition) is 2. The zero-order chi connectivity index (χ0) is 16.4. The first-order valence-corrected chi connectivity index (χ1v) is 7.90. The Morgan fingerprint density at radius 2 is 1.29 bits per heavy atom. The Bertz CT molecular complexity index is 668. The number of carboxylic acids is 2. The molecule has 0 unspecified atom stereocenters. The van der Waals surface area contributed by atoms with Crippen molar-refractivity contribution in [3.63, 3.8) is 0 Å². The van der Waals surface area contributed by atoms with Gasteiger partial charge >= 0.3 is 11.9 Å². The van der Waals surface area contributed by atoms with E-state index in [2.05, 4.69) is 0 Å². The van der Waals surface area contributed by atoms with Crippen molar-refractivity contribution in [1.29, 1.82) is 0 Å². The highest BCUT2D eigenvalue weighted by molar-refractivity contribution is 6.70. The lowest BCUT2D eigenvalue weighted by Gasteiger charge is -2.87. The van der Waals surface area contributed by atoms with Gasteiger partial charge in [0.05, 0.1) is 0 Å². The van der Waals surface area contributed by atoms with Gasteiger partial charge in [-0.05, 0) is 6.08 Å². The van der Waals surface area contributed by atoms with Crippen molar-refractivity contribution in [1.82, 2.24) is 0 Å². The minimum absolute atomic E-state index is 0.313. The quantitative estimate of drug-likeness (QED) is 0.654. The Labute approximate surface area is 152 Å². The van der Waals surface area contributed by atoms with E-state index >= 15 is 0 Å². The average molecular weight is 435 g/mol. The second-order valence-electron chi connectivity index (χ2n) is 5.11. The molecular formula is C10H3Cl7O4. The monoisotopic (exact) mass is 432 g/mol. The van der Waals surface area contributed by atoms with E-state index in [-0.39, 0.29) is 5.03 Å². The van der Waals surface area contributed by atoms with Gasteiger partial charge in [-0.25, -0.2) is 0 Å². The maximum atomic E-state index is 11.6. The van der Waals surface area contributed by atoms with Crippen LogP contribution in [0.1, 0.15) is 0 Å². The zero-order valence-electron chi connectivity index (χ0n) is 9.43. The van der Waals surface area contributed by atoms with Crippen molar-refractivity contribution in [2.45, 2.75) is 29.2 Å². The molecule has 0 aromatic rings. The van der Waals surface area contributed by atoms with Crippen LogP contribution < -0.4 is 0 Å². The van der Waals surface area contributed by atoms with E-state index in [4.69, 9.17) is 81.2 Å². The molecule has 6 atom stereocenters. The lowest BCUT2D eigenvalue weighted by Crippen LogP contribution is -3.11. The van der Waals surface area contributed by atoms with E-state index < -0.39 is 41.2 Å². The molecule has 2 N–H and O–H groups in total. The highest BCUT2D eigenvalue weighted by Crippen LogP contribution is 2.92. The smallest absolute Gasteiger partial charge is 0.329 e. The summed E-state index contributed by atoms with van der Waals surface area (Å²) in [5, 5.41) is 18.5. The number of carbonyl (C=O) groups is 2. The first kappa shape index (κ1) is 16.6. The summed E-state index contributed by atoms with van der Waals surface area (Å²) in [5.41, 5.74) is 0. The van der Waals surface area contributed by atoms with Gasteiger partial charge in [-0.2, -0.15) is 0 Å². The second kappa shape index (κ2) is 3.69. The van der Waals surface area contributed by atoms with Gasteiger partial charge in [-0.1, -0.05) is 11.6 Å². The van der Waals surface area contributed by atoms with Crippen LogP contribution in [0.2, 0.25) is 0 Å². The Morgan fingerprint density at radius 1 is 0.857 bits per heavy atom. The summed E-state index contributed by atoms with van der Waals surface area (Å²) in [5.74, 6) is -3.24. The average Bonchev–Trinajstić information content (AvgIpc) is 2.39. The molecule has 116 valence electrons. The molecule has 4 rings (SSSR count). The van der Waals surface area contributed by atoms with Crippen molar-refractivity contribution >= 4 is 93.1 Å². The molecular weight excluding hydrogens is 432 g/mol. The van der Waals surface area contributed by atoms with Crippen LogP contribution in [0.4, 0.5) is 0 Å². The fourth-order valence-electron chi connectivity index (χ4n) is 3.69. The van der Waals surface area contributed by atoms with Crippen molar-refractivity contribution in [3.05, 3.63) is 11.1 Å². The normalized spacial score (nSPS) is 60.4. The maximum Gasteiger partial charge on any atom is 0.329 e. The maximum absolute atomic E-state index is 11.6. The third-order valence-corrected chi connectivity index (χ3v) is 10.4. The Kier molecular flexibility index (Phi) is 2.91. The topological polar surface area (TPSA) is 74.6 Å². The molecule has 4 aliphatic rings. The van der Waals surface area contributed by atoms with Gasteiger partial charge in [0.1, 0.15) is 19.5 Å². The van der Waals surface area contributed by atoms with Crippen LogP contribution in [0.15, 0.2) is 11.1 Å². The van der Waals surface area contributed by atoms with Gasteiger partial charge in [-0.3, -0.25) is 9.59 Å². The number of carboxylic acid groups (broad SMARTS) is 2. The van der Waals surface area contributed by atoms with E-state index in [1.807, 2.05) is 0 Å². The molecule has 0 spiro atoms. The molecule has 2 fully saturated rings. The molecule has 0 radical (unpaired) electrons. The fourth-order valence-corrected chi connectivity index (χ4v) is 8.43. The summed E-state index contributed by atoms with van der Waals surface area (Å²) in [4.78, 5) is 9.69. The molecule has 0 saturated heterocycles. The first-order valence-electron chi connectivity index (χ1n) is 5.26. The minimum Gasteiger partial charge on any atom is -0.480 e. The molecule has 0 heterocycles. The van der Waals surface area contributed by atoms with E-state index in [9.17, 15) is 19.8 Å². The SMILES string of the molecule is O=C(O)[C@@]1(Cl)[C@]2(Cl)C=C(Cl)[C@@]3(Cl)[C@@](Cl)(C(=O)O)[C@@]2(Cl)[C@@]13Cl. The van der Waals surface area contributed by atoms with Gasteiger partial charge in [0.2, 0.25) is 0 Å². The lowest BCUT2D eigenvalue weighted by atomic mass is 9.31. The largest absolute Gasteiger partial charge is 0.480 e. The van der Waals surface area contributed by atoms with E-state index in [0.717, 1.165) is 6.08 Å². The Hall–Kier alpha value is 0.710. The number of allylic oxidation sites excluding steroid dienone is 2. The molecule has 4 bridgehead atoms. The van der Waals surface area contributed by atoms with Crippen LogP contribution in [-0.2, 0) is 9.59 Å². The first-order chi connectivity index (χ1) is 9.26. The molecule has 21 heavy (non-hydrogen) atoms. The molecule has 4 aliphatic carbocycles. The predicted octanol–water partition coefficient (Wildman–Crippen LogP) is 3.18. The summed E-state index contributed by atoms with van der Waals surface area (Å²) in [6, 6.07) is 0. The highest BCUT2D eigenvalue weighted by atomic mass is 35.5. The van der Waals surface area contributed by atoms with E-state index in [1.165, 1.54) is 0 Å². The van der Waals surface area contributed by atoms with Crippen molar-refractivity contribution in [3.8, 4) is 0 Å². The molecule has 11 heteroatoms. The molecule has 0 aromatic heterocycles. The van der Waals surface area contributed by atoms with Crippen LogP contribution in [-0.4, -0.2) is 51.4 Å². The van der Waals surface area contributed by atoms with Crippen molar-refractivity contribution in [2.24, 2.45) is 0 Å². The van der Waals surface area contributed by atoms with Crippen molar-refractivity contribution in [2.75, 3.05) is 0 Å². The standard InChI is InChI=1S/C10H3Cl7O4/c11-2-1-5(12)7(14,3(18)19)10(17)6(2,13)8(15,4(20)21)9(5,10)16/h1H,(H,18,19)(H,20,21)/t5-,6-,7-,8+,9-,10+/m1/s1. The molecule has 2 saturated carbocycles. The van der Waals surface area contributed by atoms with Crippen LogP contribution in [0.25, 0.3) is 0 Å². The van der Waals surface area contributed by atoms with Gasteiger partial charge in [0.15, 0.2) is 9.75 Å². The summed E-state index contributed by atoms with van der Waals surface area (Å²) in [6.07, 6.45) is 1.00. The van der Waals surface area contributed by atoms with Crippen molar-refractivity contribution < 1.29 is 19.8 Å². The van der Waals surface area contributed by atoms with Gasteiger partial charge in [0, 0.05) is 5.03 Å². The zero-order valence-corrected chi connectivity index (χ0v) is 14.7. The number of rotatable bonds is 2. The minimum atomic E-state index is -2.42. The summed E-state index contributed by atoms with van der Waals surface area (Å²) in [7, 11) is 0. The van der Waals surface area contributed by atoms with Crippen LogP contribution in [0, 0.1) is 0 Å². The van der Waals surface area contributed by atoms with Gasteiger partial charge in [0.25, 0.3) is 0 Å². The number of hydrogen-bond acceptors (Lipinski definition) is 2. The number of halogens is 7. The summed E-state index contributed by atoms with van der Waals surface area (Å²) in [6.45, 7) is 0. The fraction of sp³-hybridized carbons (Fsp3) is 0.600. The molecule has 4 nitrogen and oxygen atoms in total. The van der Waals surface area contributed by atoms with Crippen LogP contribution >= 0.6 is 81.2 Å². The van der Waals surface area contributed by atoms with Crippen LogP contribution in [0.3, 0.4) is 0 Å². The second-order valence-corrected chi connectivity index (χ2v) is 8.94.